The third-order valence-electron chi connectivity index (χ3n) is 5.14. The van der Waals surface area contributed by atoms with Crippen molar-refractivity contribution < 1.29 is 32.1 Å². The number of hydrogen-bond donors (Lipinski definition) is 0. The van der Waals surface area contributed by atoms with Gasteiger partial charge in [0.05, 0.1) is 6.61 Å². The van der Waals surface area contributed by atoms with E-state index >= 15 is 0 Å². The van der Waals surface area contributed by atoms with Crippen LogP contribution in [0.1, 0.15) is 40.5 Å². The number of rotatable bonds is 20. The van der Waals surface area contributed by atoms with E-state index in [1.165, 1.54) is 18.2 Å². The summed E-state index contributed by atoms with van der Waals surface area (Å²) >= 11 is 0. The smallest absolute Gasteiger partial charge is 0.200 e. The molecule has 2 unspecified atom stereocenters. The van der Waals surface area contributed by atoms with Crippen LogP contribution in [0.4, 0.5) is 13.2 Å². The molecule has 0 aromatic rings. The Morgan fingerprint density at radius 3 is 2.05 bits per heavy atom. The molecule has 206 valence electrons. The first-order valence-electron chi connectivity index (χ1n) is 12.1. The molecule has 0 spiro atoms. The monoisotopic (exact) mass is 522 g/mol. The van der Waals surface area contributed by atoms with Crippen LogP contribution in [-0.4, -0.2) is 32.9 Å². The van der Waals surface area contributed by atoms with E-state index in [4.69, 9.17) is 18.9 Å². The van der Waals surface area contributed by atoms with Crippen LogP contribution in [0.3, 0.4) is 0 Å². The van der Waals surface area contributed by atoms with E-state index in [-0.39, 0.29) is 41.6 Å². The second kappa shape index (κ2) is 18.4. The third-order valence-corrected chi connectivity index (χ3v) is 5.14. The normalized spacial score (nSPS) is 14.1. The lowest BCUT2D eigenvalue weighted by Crippen LogP contribution is -2.18. The van der Waals surface area contributed by atoms with Crippen LogP contribution in [0.25, 0.3) is 0 Å². The highest BCUT2D eigenvalue weighted by Crippen LogP contribution is 2.28. The number of halogens is 3. The Morgan fingerprint density at radius 1 is 0.838 bits per heavy atom. The topological polar surface area (TPSA) is 36.9 Å². The van der Waals surface area contributed by atoms with Crippen molar-refractivity contribution in [3.05, 3.63) is 109 Å². The highest BCUT2D eigenvalue weighted by Gasteiger charge is 2.16. The molecule has 0 saturated heterocycles. The number of allylic oxidation sites excluding steroid dienone is 10. The second-order valence-electron chi connectivity index (χ2n) is 8.24. The van der Waals surface area contributed by atoms with Crippen LogP contribution in [0.5, 0.6) is 0 Å². The van der Waals surface area contributed by atoms with E-state index in [0.29, 0.717) is 18.8 Å². The molecule has 0 aromatic heterocycles. The molecule has 0 heterocycles. The van der Waals surface area contributed by atoms with Gasteiger partial charge in [0.15, 0.2) is 24.7 Å². The van der Waals surface area contributed by atoms with Gasteiger partial charge in [0.25, 0.3) is 0 Å². The molecule has 0 saturated carbocycles. The largest absolute Gasteiger partial charge is 0.465 e. The van der Waals surface area contributed by atoms with E-state index in [1.54, 1.807) is 20.8 Å². The fraction of sp³-hybridized carbons (Fsp3) is 0.400. The van der Waals surface area contributed by atoms with Crippen LogP contribution in [0, 0.1) is 5.92 Å². The van der Waals surface area contributed by atoms with E-state index in [2.05, 4.69) is 46.4 Å². The summed E-state index contributed by atoms with van der Waals surface area (Å²) in [4.78, 5) is 0. The molecule has 0 N–H and O–H groups in total. The fourth-order valence-corrected chi connectivity index (χ4v) is 2.46. The maximum Gasteiger partial charge on any atom is 0.200 e. The molecule has 4 nitrogen and oxygen atoms in total. The van der Waals surface area contributed by atoms with Crippen LogP contribution < -0.4 is 0 Å². The van der Waals surface area contributed by atoms with E-state index in [9.17, 15) is 13.2 Å². The summed E-state index contributed by atoms with van der Waals surface area (Å²) < 4.78 is 64.3. The van der Waals surface area contributed by atoms with Crippen molar-refractivity contribution in [2.24, 2.45) is 5.92 Å². The predicted molar refractivity (Wildman–Crippen MR) is 145 cm³/mol. The molecule has 0 aliphatic heterocycles. The van der Waals surface area contributed by atoms with Crippen molar-refractivity contribution in [3.63, 3.8) is 0 Å². The molecule has 0 bridgehead atoms. The minimum absolute atomic E-state index is 0.0640. The minimum atomic E-state index is -1.31. The highest BCUT2D eigenvalue weighted by atomic mass is 19.2. The van der Waals surface area contributed by atoms with Crippen molar-refractivity contribution in [1.82, 2.24) is 0 Å². The predicted octanol–water partition coefficient (Wildman–Crippen LogP) is 8.67. The molecule has 37 heavy (non-hydrogen) atoms. The maximum absolute atomic E-state index is 14.7. The van der Waals surface area contributed by atoms with Crippen LogP contribution in [-0.2, 0) is 18.9 Å². The Labute approximate surface area is 220 Å². The van der Waals surface area contributed by atoms with E-state index < -0.39 is 29.5 Å². The Morgan fingerprint density at radius 2 is 1.46 bits per heavy atom. The lowest BCUT2D eigenvalue weighted by atomic mass is 9.99. The molecule has 0 aliphatic carbocycles. The first-order valence-corrected chi connectivity index (χ1v) is 12.1. The highest BCUT2D eigenvalue weighted by molar-refractivity contribution is 5.52. The zero-order valence-electron chi connectivity index (χ0n) is 22.6. The fourth-order valence-electron chi connectivity index (χ4n) is 2.46. The molecule has 0 aliphatic rings. The molecule has 0 rings (SSSR count). The van der Waals surface area contributed by atoms with Gasteiger partial charge in [0, 0.05) is 24.7 Å². The van der Waals surface area contributed by atoms with Crippen LogP contribution in [0.2, 0.25) is 0 Å². The number of unbranched alkanes of at least 4 members (excludes halogenated alkanes) is 1. The lowest BCUT2D eigenvalue weighted by Gasteiger charge is -2.18. The van der Waals surface area contributed by atoms with Gasteiger partial charge in [-0.2, -0.15) is 4.39 Å². The standard InChI is InChI=1S/C30H41F3O4/c1-11-13-16-35-27(10)36-18-23(6)24(7)28(31)17-22(5)20(3)14-15-21(4)25(8)29(32)30(33)26(9)37-19-34-12-2/h14-15,17,23,27H,3-5,7-9,11-13,16,18-19H2,1-2,6,10H3/b15-14-,28-17+,30-29-. The molecule has 2 atom stereocenters. The molecule has 0 radical (unpaired) electrons. The summed E-state index contributed by atoms with van der Waals surface area (Å²) in [7, 11) is 0. The Bertz CT molecular complexity index is 940. The zero-order chi connectivity index (χ0) is 28.5. The van der Waals surface area contributed by atoms with Crippen molar-refractivity contribution in [2.45, 2.75) is 46.8 Å². The summed E-state index contributed by atoms with van der Waals surface area (Å²) in [6, 6.07) is 0. The molecular weight excluding hydrogens is 481 g/mol. The molecule has 0 amide bonds. The first kappa shape index (κ1) is 34.1. The van der Waals surface area contributed by atoms with Gasteiger partial charge in [0.1, 0.15) is 5.83 Å². The summed E-state index contributed by atoms with van der Waals surface area (Å²) in [6.07, 6.45) is 5.57. The van der Waals surface area contributed by atoms with Crippen molar-refractivity contribution in [2.75, 3.05) is 26.6 Å². The van der Waals surface area contributed by atoms with Gasteiger partial charge in [-0.05, 0) is 48.6 Å². The average Bonchev–Trinajstić information content (AvgIpc) is 2.88. The zero-order valence-corrected chi connectivity index (χ0v) is 22.6. The van der Waals surface area contributed by atoms with Crippen LogP contribution in [0.15, 0.2) is 109 Å². The SMILES string of the molecule is C=C(/C=C\C(=C)C(=C)/C(F)=C(/F)C(=C)OCOCC)C(=C)/C=C(/F)C(=C)C(C)COC(C)OCCCC. The van der Waals surface area contributed by atoms with E-state index in [0.717, 1.165) is 12.8 Å². The van der Waals surface area contributed by atoms with Gasteiger partial charge in [-0.3, -0.25) is 0 Å². The first-order chi connectivity index (χ1) is 17.4. The Kier molecular flexibility index (Phi) is 17.0. The van der Waals surface area contributed by atoms with Crippen molar-refractivity contribution >= 4 is 0 Å². The number of hydrogen-bond acceptors (Lipinski definition) is 4. The average molecular weight is 523 g/mol. The van der Waals surface area contributed by atoms with Gasteiger partial charge in [-0.15, -0.1) is 0 Å². The lowest BCUT2D eigenvalue weighted by molar-refractivity contribution is -0.135. The molecule has 0 aromatic carbocycles. The Balaban J connectivity index is 5.00. The quantitative estimate of drug-likeness (QED) is 0.0694. The van der Waals surface area contributed by atoms with Gasteiger partial charge in [-0.1, -0.05) is 71.9 Å². The Hall–Kier alpha value is -2.87. The van der Waals surface area contributed by atoms with Gasteiger partial charge < -0.3 is 18.9 Å². The third kappa shape index (κ3) is 13.3. The molecule has 7 heteroatoms. The van der Waals surface area contributed by atoms with Crippen molar-refractivity contribution in [3.8, 4) is 0 Å². The summed E-state index contributed by atoms with van der Waals surface area (Å²) in [5.41, 5.74) is 0.580. The van der Waals surface area contributed by atoms with E-state index in [1.807, 2.05) is 0 Å². The van der Waals surface area contributed by atoms with Crippen LogP contribution >= 0.6 is 0 Å². The minimum Gasteiger partial charge on any atom is -0.465 e. The summed E-state index contributed by atoms with van der Waals surface area (Å²) in [5, 5.41) is 0. The summed E-state index contributed by atoms with van der Waals surface area (Å²) in [5.74, 6) is -3.99. The molecule has 0 fully saturated rings. The van der Waals surface area contributed by atoms with Gasteiger partial charge in [0.2, 0.25) is 5.83 Å². The van der Waals surface area contributed by atoms with Crippen molar-refractivity contribution in [1.29, 1.82) is 0 Å². The van der Waals surface area contributed by atoms with Gasteiger partial charge >= 0.3 is 0 Å². The second-order valence-corrected chi connectivity index (χ2v) is 8.24. The number of ether oxygens (including phenoxy) is 4. The maximum atomic E-state index is 14.7. The molecular formula is C30H41F3O4. The van der Waals surface area contributed by atoms with Gasteiger partial charge in [-0.25, -0.2) is 8.78 Å². The summed E-state index contributed by atoms with van der Waals surface area (Å²) in [6.45, 7) is 30.2.